The molecule has 2 nitrogen and oxygen atoms in total. The molecule has 0 spiro atoms. The summed E-state index contributed by atoms with van der Waals surface area (Å²) in [4.78, 5) is 10.7. The minimum absolute atomic E-state index is 0.222. The molecule has 0 atom stereocenters. The molecule has 0 aliphatic carbocycles. The van der Waals surface area contributed by atoms with Crippen molar-refractivity contribution < 1.29 is 4.39 Å². The van der Waals surface area contributed by atoms with Crippen molar-refractivity contribution in [3.05, 3.63) is 33.5 Å². The maximum Gasteiger partial charge on any atom is 0.286 e. The van der Waals surface area contributed by atoms with Crippen molar-refractivity contribution in [2.24, 2.45) is 7.05 Å². The van der Waals surface area contributed by atoms with Crippen LogP contribution in [-0.4, -0.2) is 4.57 Å². The molecule has 1 aromatic rings. The van der Waals surface area contributed by atoms with Gasteiger partial charge in [-0.25, -0.2) is 4.39 Å². The predicted octanol–water partition coefficient (Wildman–Crippen LogP) is 1.18. The molecule has 0 aliphatic rings. The van der Waals surface area contributed by atoms with Gasteiger partial charge in [-0.05, 0) is 6.07 Å². The van der Waals surface area contributed by atoms with E-state index in [1.54, 1.807) is 0 Å². The standard InChI is InChI=1S/C6H5ClFNO/c1-9-3-4(7)2-5(8)6(9)10/h2-3H,1H3. The van der Waals surface area contributed by atoms with Gasteiger partial charge in [0.15, 0.2) is 5.82 Å². The topological polar surface area (TPSA) is 22.0 Å². The second-order valence-corrected chi connectivity index (χ2v) is 2.36. The van der Waals surface area contributed by atoms with E-state index in [4.69, 9.17) is 11.6 Å². The van der Waals surface area contributed by atoms with Crippen molar-refractivity contribution in [2.45, 2.75) is 0 Å². The molecule has 0 amide bonds. The van der Waals surface area contributed by atoms with Gasteiger partial charge in [-0.3, -0.25) is 4.79 Å². The van der Waals surface area contributed by atoms with Crippen molar-refractivity contribution in [2.75, 3.05) is 0 Å². The Bertz CT molecular complexity index is 281. The fraction of sp³-hybridized carbons (Fsp3) is 0.167. The third kappa shape index (κ3) is 1.19. The monoisotopic (exact) mass is 161 g/mol. The number of halogens is 2. The lowest BCUT2D eigenvalue weighted by molar-refractivity contribution is 0.591. The first-order valence-corrected chi connectivity index (χ1v) is 3.01. The molecule has 0 aromatic carbocycles. The van der Waals surface area contributed by atoms with Gasteiger partial charge in [-0.1, -0.05) is 11.6 Å². The van der Waals surface area contributed by atoms with E-state index >= 15 is 0 Å². The second kappa shape index (κ2) is 2.42. The van der Waals surface area contributed by atoms with Crippen molar-refractivity contribution in [1.29, 1.82) is 0 Å². The van der Waals surface area contributed by atoms with Gasteiger partial charge in [0.25, 0.3) is 5.56 Å². The molecule has 0 saturated heterocycles. The summed E-state index contributed by atoms with van der Waals surface area (Å²) in [5.41, 5.74) is -0.663. The zero-order chi connectivity index (χ0) is 7.72. The first-order valence-electron chi connectivity index (χ1n) is 2.63. The molecule has 0 bridgehead atoms. The summed E-state index contributed by atoms with van der Waals surface area (Å²) in [5.74, 6) is -0.824. The van der Waals surface area contributed by atoms with Gasteiger partial charge >= 0.3 is 0 Å². The molecule has 0 unspecified atom stereocenters. The highest BCUT2D eigenvalue weighted by Gasteiger charge is 2.00. The first-order chi connectivity index (χ1) is 4.61. The molecule has 0 N–H and O–H groups in total. The Labute approximate surface area is 61.9 Å². The maximum atomic E-state index is 12.4. The summed E-state index contributed by atoms with van der Waals surface area (Å²) in [7, 11) is 1.44. The molecule has 1 heterocycles. The fourth-order valence-electron chi connectivity index (χ4n) is 0.632. The van der Waals surface area contributed by atoms with Crippen LogP contribution >= 0.6 is 11.6 Å². The molecule has 0 fully saturated rings. The summed E-state index contributed by atoms with van der Waals surface area (Å²) in [6.45, 7) is 0. The van der Waals surface area contributed by atoms with E-state index in [0.717, 1.165) is 10.6 Å². The first kappa shape index (κ1) is 7.28. The van der Waals surface area contributed by atoms with Crippen molar-refractivity contribution in [3.63, 3.8) is 0 Å². The second-order valence-electron chi connectivity index (χ2n) is 1.92. The quantitative estimate of drug-likeness (QED) is 0.560. The fourth-order valence-corrected chi connectivity index (χ4v) is 0.874. The lowest BCUT2D eigenvalue weighted by Crippen LogP contribution is -2.18. The molecule has 4 heteroatoms. The van der Waals surface area contributed by atoms with Crippen LogP contribution in [0.5, 0.6) is 0 Å². The van der Waals surface area contributed by atoms with Crippen molar-refractivity contribution in [3.8, 4) is 0 Å². The molecule has 0 saturated carbocycles. The smallest absolute Gasteiger partial charge is 0.286 e. The van der Waals surface area contributed by atoms with Crippen molar-refractivity contribution >= 4 is 11.6 Å². The lowest BCUT2D eigenvalue weighted by Gasteiger charge is -1.95. The summed E-state index contributed by atoms with van der Waals surface area (Å²) >= 11 is 5.42. The summed E-state index contributed by atoms with van der Waals surface area (Å²) in [6.07, 6.45) is 1.35. The minimum atomic E-state index is -0.824. The highest BCUT2D eigenvalue weighted by atomic mass is 35.5. The van der Waals surface area contributed by atoms with Crippen LogP contribution in [0.3, 0.4) is 0 Å². The Morgan fingerprint density at radius 3 is 2.80 bits per heavy atom. The van der Waals surface area contributed by atoms with Crippen LogP contribution < -0.4 is 5.56 Å². The summed E-state index contributed by atoms with van der Waals surface area (Å²) in [6, 6.07) is 0.990. The van der Waals surface area contributed by atoms with Gasteiger partial charge < -0.3 is 4.57 Å². The van der Waals surface area contributed by atoms with E-state index in [1.807, 2.05) is 0 Å². The molecule has 10 heavy (non-hydrogen) atoms. The predicted molar refractivity (Wildman–Crippen MR) is 36.7 cm³/mol. The number of aryl methyl sites for hydroxylation is 1. The molecule has 0 radical (unpaired) electrons. The molecule has 1 rings (SSSR count). The number of aromatic nitrogens is 1. The highest BCUT2D eigenvalue weighted by Crippen LogP contribution is 2.04. The summed E-state index contributed by atoms with van der Waals surface area (Å²) in [5, 5.41) is 0.222. The van der Waals surface area contributed by atoms with Crippen LogP contribution in [0.25, 0.3) is 0 Å². The number of hydrogen-bond donors (Lipinski definition) is 0. The zero-order valence-electron chi connectivity index (χ0n) is 5.27. The normalized spacial score (nSPS) is 9.90. The van der Waals surface area contributed by atoms with E-state index < -0.39 is 11.4 Å². The van der Waals surface area contributed by atoms with Gasteiger partial charge in [0, 0.05) is 13.2 Å². The van der Waals surface area contributed by atoms with Crippen LogP contribution in [0, 0.1) is 5.82 Å². The van der Waals surface area contributed by atoms with Crippen LogP contribution in [0.1, 0.15) is 0 Å². The average molecular weight is 162 g/mol. The van der Waals surface area contributed by atoms with Gasteiger partial charge in [-0.15, -0.1) is 0 Å². The zero-order valence-corrected chi connectivity index (χ0v) is 6.02. The minimum Gasteiger partial charge on any atom is -0.315 e. The Morgan fingerprint density at radius 1 is 1.70 bits per heavy atom. The number of nitrogens with zero attached hydrogens (tertiary/aromatic N) is 1. The van der Waals surface area contributed by atoms with Crippen molar-refractivity contribution in [1.82, 2.24) is 4.57 Å². The number of hydrogen-bond acceptors (Lipinski definition) is 1. The molecule has 1 aromatic heterocycles. The lowest BCUT2D eigenvalue weighted by atomic mass is 10.4. The maximum absolute atomic E-state index is 12.4. The van der Waals surface area contributed by atoms with Crippen LogP contribution in [0.2, 0.25) is 5.02 Å². The van der Waals surface area contributed by atoms with Crippen LogP contribution in [-0.2, 0) is 7.05 Å². The van der Waals surface area contributed by atoms with Crippen LogP contribution in [0.4, 0.5) is 4.39 Å². The average Bonchev–Trinajstić information content (AvgIpc) is 1.82. The van der Waals surface area contributed by atoms with E-state index in [2.05, 4.69) is 0 Å². The molecule has 0 aliphatic heterocycles. The van der Waals surface area contributed by atoms with Gasteiger partial charge in [0.1, 0.15) is 0 Å². The van der Waals surface area contributed by atoms with Gasteiger partial charge in [0.2, 0.25) is 0 Å². The number of pyridine rings is 1. The van der Waals surface area contributed by atoms with Crippen LogP contribution in [0.15, 0.2) is 17.1 Å². The largest absolute Gasteiger partial charge is 0.315 e. The van der Waals surface area contributed by atoms with E-state index in [-0.39, 0.29) is 5.02 Å². The number of rotatable bonds is 0. The molecule has 54 valence electrons. The van der Waals surface area contributed by atoms with Gasteiger partial charge in [-0.2, -0.15) is 0 Å². The Balaban J connectivity index is 3.46. The summed E-state index contributed by atoms with van der Waals surface area (Å²) < 4.78 is 13.5. The third-order valence-electron chi connectivity index (χ3n) is 1.11. The Morgan fingerprint density at radius 2 is 2.30 bits per heavy atom. The van der Waals surface area contributed by atoms with E-state index in [9.17, 15) is 9.18 Å². The Kier molecular flexibility index (Phi) is 1.76. The van der Waals surface area contributed by atoms with E-state index in [0.29, 0.717) is 0 Å². The third-order valence-corrected chi connectivity index (χ3v) is 1.31. The Hall–Kier alpha value is -0.830. The van der Waals surface area contributed by atoms with E-state index in [1.165, 1.54) is 13.2 Å². The molecular weight excluding hydrogens is 157 g/mol. The molecular formula is C6H5ClFNO. The SMILES string of the molecule is Cn1cc(Cl)cc(F)c1=O. The highest BCUT2D eigenvalue weighted by molar-refractivity contribution is 6.30. The van der Waals surface area contributed by atoms with Gasteiger partial charge in [0.05, 0.1) is 5.02 Å².